The first-order valence-electron chi connectivity index (χ1n) is 7.10. The van der Waals surface area contributed by atoms with E-state index in [0.29, 0.717) is 11.3 Å². The summed E-state index contributed by atoms with van der Waals surface area (Å²) in [6.45, 7) is 9.79. The third-order valence-corrected chi connectivity index (χ3v) is 3.41. The number of hydrogen-bond acceptors (Lipinski definition) is 5. The number of nitro groups is 1. The van der Waals surface area contributed by atoms with Crippen molar-refractivity contribution in [3.05, 3.63) is 33.9 Å². The number of nitro benzene ring substituents is 1. The van der Waals surface area contributed by atoms with E-state index in [4.69, 9.17) is 15.4 Å². The SMILES string of the molecule is CC.CC.Cc1cc(OCCCS(=O)(=O)Cl)ccc1[N+](=O)[O-]. The molecule has 6 nitrogen and oxygen atoms in total. The Kier molecular flexibility index (Phi) is 12.7. The molecule has 8 heteroatoms. The van der Waals surface area contributed by atoms with E-state index in [2.05, 4.69) is 0 Å². The van der Waals surface area contributed by atoms with Crippen LogP contribution in [0.5, 0.6) is 5.75 Å². The average molecular weight is 354 g/mol. The summed E-state index contributed by atoms with van der Waals surface area (Å²) in [5.74, 6) is 0.297. The Morgan fingerprint density at radius 2 is 1.77 bits per heavy atom. The summed E-state index contributed by atoms with van der Waals surface area (Å²) in [7, 11) is 1.54. The summed E-state index contributed by atoms with van der Waals surface area (Å²) < 4.78 is 26.6. The van der Waals surface area contributed by atoms with E-state index in [1.165, 1.54) is 18.2 Å². The van der Waals surface area contributed by atoms with Gasteiger partial charge in [0.25, 0.3) is 5.69 Å². The van der Waals surface area contributed by atoms with Gasteiger partial charge in [0, 0.05) is 22.3 Å². The van der Waals surface area contributed by atoms with Gasteiger partial charge in [-0.2, -0.15) is 0 Å². The van der Waals surface area contributed by atoms with Gasteiger partial charge in [-0.25, -0.2) is 8.42 Å². The molecule has 0 spiro atoms. The molecule has 0 radical (unpaired) electrons. The zero-order valence-corrected chi connectivity index (χ0v) is 15.2. The maximum Gasteiger partial charge on any atom is 0.272 e. The molecule has 1 aromatic rings. The van der Waals surface area contributed by atoms with Gasteiger partial charge < -0.3 is 4.74 Å². The Morgan fingerprint density at radius 3 is 2.18 bits per heavy atom. The summed E-state index contributed by atoms with van der Waals surface area (Å²) in [5.41, 5.74) is 0.508. The first-order valence-corrected chi connectivity index (χ1v) is 9.57. The van der Waals surface area contributed by atoms with Crippen molar-refractivity contribution < 1.29 is 18.1 Å². The van der Waals surface area contributed by atoms with E-state index in [9.17, 15) is 18.5 Å². The number of benzene rings is 1. The molecular weight excluding hydrogens is 330 g/mol. The van der Waals surface area contributed by atoms with Gasteiger partial charge in [0.1, 0.15) is 5.75 Å². The van der Waals surface area contributed by atoms with Crippen LogP contribution in [0.2, 0.25) is 0 Å². The summed E-state index contributed by atoms with van der Waals surface area (Å²) in [4.78, 5) is 10.1. The molecule has 1 rings (SSSR count). The van der Waals surface area contributed by atoms with Gasteiger partial charge in [-0.15, -0.1) is 0 Å². The van der Waals surface area contributed by atoms with Crippen molar-refractivity contribution >= 4 is 25.4 Å². The third-order valence-electron chi connectivity index (χ3n) is 2.17. The molecule has 0 aliphatic heterocycles. The molecule has 0 aliphatic rings. The lowest BCUT2D eigenvalue weighted by Crippen LogP contribution is -2.05. The van der Waals surface area contributed by atoms with Crippen LogP contribution in [0.25, 0.3) is 0 Å². The zero-order valence-electron chi connectivity index (χ0n) is 13.6. The molecule has 0 atom stereocenters. The van der Waals surface area contributed by atoms with Crippen LogP contribution in [-0.4, -0.2) is 25.7 Å². The Bertz CT molecular complexity index is 546. The molecule has 0 aliphatic carbocycles. The maximum atomic E-state index is 10.7. The van der Waals surface area contributed by atoms with Crippen molar-refractivity contribution in [2.24, 2.45) is 0 Å². The molecule has 0 fully saturated rings. The number of hydrogen-bond donors (Lipinski definition) is 0. The first kappa shape index (κ1) is 22.9. The van der Waals surface area contributed by atoms with Gasteiger partial charge in [-0.1, -0.05) is 27.7 Å². The van der Waals surface area contributed by atoms with Crippen LogP contribution in [0.4, 0.5) is 5.69 Å². The molecule has 22 heavy (non-hydrogen) atoms. The van der Waals surface area contributed by atoms with Crippen molar-refractivity contribution in [1.82, 2.24) is 0 Å². The highest BCUT2D eigenvalue weighted by atomic mass is 35.7. The number of halogens is 1. The van der Waals surface area contributed by atoms with Crippen LogP contribution in [-0.2, 0) is 9.05 Å². The third kappa shape index (κ3) is 10.4. The number of nitrogens with zero attached hydrogens (tertiary/aromatic N) is 1. The normalized spacial score (nSPS) is 9.73. The van der Waals surface area contributed by atoms with Crippen molar-refractivity contribution in [3.63, 3.8) is 0 Å². The molecule has 0 bridgehead atoms. The van der Waals surface area contributed by atoms with Crippen molar-refractivity contribution in [1.29, 1.82) is 0 Å². The molecule has 0 heterocycles. The topological polar surface area (TPSA) is 86.5 Å². The quantitative estimate of drug-likeness (QED) is 0.329. The zero-order chi connectivity index (χ0) is 17.8. The summed E-state index contributed by atoms with van der Waals surface area (Å²) in [6, 6.07) is 4.36. The summed E-state index contributed by atoms with van der Waals surface area (Å²) in [5, 5.41) is 10.6. The predicted molar refractivity (Wildman–Crippen MR) is 90.3 cm³/mol. The number of aryl methyl sites for hydroxylation is 1. The van der Waals surface area contributed by atoms with E-state index >= 15 is 0 Å². The van der Waals surface area contributed by atoms with Gasteiger partial charge in [-0.3, -0.25) is 10.1 Å². The average Bonchev–Trinajstić information content (AvgIpc) is 2.46. The van der Waals surface area contributed by atoms with E-state index in [0.717, 1.165) is 0 Å². The van der Waals surface area contributed by atoms with E-state index < -0.39 is 14.0 Å². The van der Waals surface area contributed by atoms with E-state index in [-0.39, 0.29) is 24.5 Å². The molecule has 0 N–H and O–H groups in total. The number of rotatable bonds is 6. The molecule has 1 aromatic carbocycles. The predicted octanol–water partition coefficient (Wildman–Crippen LogP) is 4.29. The lowest BCUT2D eigenvalue weighted by Gasteiger charge is -2.06. The molecular formula is C14H24ClNO5S. The molecule has 128 valence electrons. The second-order valence-corrected chi connectivity index (χ2v) is 6.55. The second kappa shape index (κ2) is 12.2. The molecule has 0 aromatic heterocycles. The number of ether oxygens (including phenoxy) is 1. The van der Waals surface area contributed by atoms with Crippen LogP contribution in [0, 0.1) is 17.0 Å². The highest BCUT2D eigenvalue weighted by Gasteiger charge is 2.10. The largest absolute Gasteiger partial charge is 0.494 e. The molecule has 0 amide bonds. The fourth-order valence-electron chi connectivity index (χ4n) is 1.34. The molecule has 0 saturated heterocycles. The minimum absolute atomic E-state index is 0.0192. The second-order valence-electron chi connectivity index (χ2n) is 3.65. The molecule has 0 unspecified atom stereocenters. The maximum absolute atomic E-state index is 10.7. The minimum atomic E-state index is -3.50. The monoisotopic (exact) mass is 353 g/mol. The van der Waals surface area contributed by atoms with Crippen LogP contribution in [0.15, 0.2) is 18.2 Å². The van der Waals surface area contributed by atoms with Crippen molar-refractivity contribution in [2.75, 3.05) is 12.4 Å². The Hall–Kier alpha value is -1.34. The van der Waals surface area contributed by atoms with Crippen molar-refractivity contribution in [2.45, 2.75) is 41.0 Å². The smallest absolute Gasteiger partial charge is 0.272 e. The standard InChI is InChI=1S/C10H12ClNO5S.2C2H6/c1-8-7-9(3-4-10(8)12(13)14)17-5-2-6-18(11,15)16;2*1-2/h3-4,7H,2,5-6H2,1H3;2*1-2H3. The first-order chi connectivity index (χ1) is 10.3. The Morgan fingerprint density at radius 1 is 1.23 bits per heavy atom. The van der Waals surface area contributed by atoms with Crippen molar-refractivity contribution in [3.8, 4) is 5.75 Å². The lowest BCUT2D eigenvalue weighted by molar-refractivity contribution is -0.385. The fraction of sp³-hybridized carbons (Fsp3) is 0.571. The van der Waals surface area contributed by atoms with E-state index in [1.807, 2.05) is 27.7 Å². The van der Waals surface area contributed by atoms with Crippen LogP contribution >= 0.6 is 10.7 Å². The van der Waals surface area contributed by atoms with Gasteiger partial charge in [-0.05, 0) is 25.5 Å². The minimum Gasteiger partial charge on any atom is -0.494 e. The molecule has 0 saturated carbocycles. The van der Waals surface area contributed by atoms with Crippen LogP contribution in [0.3, 0.4) is 0 Å². The Balaban J connectivity index is 0. The van der Waals surface area contributed by atoms with Gasteiger partial charge in [0.2, 0.25) is 9.05 Å². The van der Waals surface area contributed by atoms with E-state index in [1.54, 1.807) is 6.92 Å². The van der Waals surface area contributed by atoms with Crippen LogP contribution < -0.4 is 4.74 Å². The fourth-order valence-corrected chi connectivity index (χ4v) is 2.13. The van der Waals surface area contributed by atoms with Gasteiger partial charge in [0.05, 0.1) is 17.3 Å². The highest BCUT2D eigenvalue weighted by molar-refractivity contribution is 8.13. The van der Waals surface area contributed by atoms with Gasteiger partial charge >= 0.3 is 0 Å². The summed E-state index contributed by atoms with van der Waals surface area (Å²) >= 11 is 0. The summed E-state index contributed by atoms with van der Waals surface area (Å²) in [6.07, 6.45) is 0.266. The Labute approximate surface area is 137 Å². The lowest BCUT2D eigenvalue weighted by atomic mass is 10.2. The van der Waals surface area contributed by atoms with Gasteiger partial charge in [0.15, 0.2) is 0 Å². The van der Waals surface area contributed by atoms with Crippen LogP contribution in [0.1, 0.15) is 39.7 Å². The highest BCUT2D eigenvalue weighted by Crippen LogP contribution is 2.23.